The van der Waals surface area contributed by atoms with Crippen LogP contribution in [0.15, 0.2) is 0 Å². The highest BCUT2D eigenvalue weighted by Crippen LogP contribution is 2.35. The van der Waals surface area contributed by atoms with Gasteiger partial charge in [0.25, 0.3) is 0 Å². The predicted molar refractivity (Wildman–Crippen MR) is 73.9 cm³/mol. The number of nitrogens with one attached hydrogen (secondary N) is 1. The van der Waals surface area contributed by atoms with E-state index in [0.717, 1.165) is 32.2 Å². The summed E-state index contributed by atoms with van der Waals surface area (Å²) in [5, 5.41) is 3.30. The van der Waals surface area contributed by atoms with Crippen LogP contribution in [0.5, 0.6) is 0 Å². The molecule has 0 radical (unpaired) electrons. The highest BCUT2D eigenvalue weighted by Gasteiger charge is 2.36. The number of morpholine rings is 1. The van der Waals surface area contributed by atoms with Crippen molar-refractivity contribution < 1.29 is 9.53 Å². The molecule has 2 saturated heterocycles. The zero-order valence-corrected chi connectivity index (χ0v) is 11.8. The van der Waals surface area contributed by atoms with E-state index in [1.807, 2.05) is 0 Å². The van der Waals surface area contributed by atoms with Crippen LogP contribution in [0, 0.1) is 5.92 Å². The van der Waals surface area contributed by atoms with Gasteiger partial charge in [-0.1, -0.05) is 12.8 Å². The van der Waals surface area contributed by atoms with Crippen LogP contribution >= 0.6 is 0 Å². The van der Waals surface area contributed by atoms with E-state index >= 15 is 0 Å². The minimum atomic E-state index is 0.0890. The molecule has 0 aromatic rings. The molecule has 2 heterocycles. The quantitative estimate of drug-likeness (QED) is 0.842. The van der Waals surface area contributed by atoms with Gasteiger partial charge in [0.2, 0.25) is 5.91 Å². The van der Waals surface area contributed by atoms with Crippen LogP contribution in [-0.2, 0) is 9.53 Å². The van der Waals surface area contributed by atoms with Gasteiger partial charge in [-0.15, -0.1) is 0 Å². The van der Waals surface area contributed by atoms with E-state index in [0.29, 0.717) is 18.4 Å². The van der Waals surface area contributed by atoms with Gasteiger partial charge in [0, 0.05) is 25.7 Å². The average molecular weight is 266 g/mol. The van der Waals surface area contributed by atoms with Crippen LogP contribution in [0.3, 0.4) is 0 Å². The molecule has 1 N–H and O–H groups in total. The zero-order chi connectivity index (χ0) is 13.1. The molecule has 3 rings (SSSR count). The average Bonchev–Trinajstić information content (AvgIpc) is 3.10. The lowest BCUT2D eigenvalue weighted by Crippen LogP contribution is -2.45. The third kappa shape index (κ3) is 3.11. The van der Waals surface area contributed by atoms with Crippen LogP contribution in [0.2, 0.25) is 0 Å². The molecular formula is C15H26N2O2. The van der Waals surface area contributed by atoms with Crippen LogP contribution in [0.4, 0.5) is 0 Å². The second-order valence-corrected chi connectivity index (χ2v) is 6.24. The first-order valence-electron chi connectivity index (χ1n) is 7.96. The fourth-order valence-electron chi connectivity index (χ4n) is 4.00. The lowest BCUT2D eigenvalue weighted by Gasteiger charge is -2.31. The third-order valence-electron chi connectivity index (χ3n) is 4.97. The molecule has 108 valence electrons. The van der Waals surface area contributed by atoms with Crippen molar-refractivity contribution in [2.45, 2.75) is 57.1 Å². The zero-order valence-electron chi connectivity index (χ0n) is 11.8. The molecule has 0 bridgehead atoms. The molecule has 0 aromatic heterocycles. The topological polar surface area (TPSA) is 41.6 Å². The minimum absolute atomic E-state index is 0.0890. The van der Waals surface area contributed by atoms with Crippen LogP contribution in [-0.4, -0.2) is 49.2 Å². The van der Waals surface area contributed by atoms with Gasteiger partial charge in [0.1, 0.15) is 0 Å². The molecule has 3 aliphatic rings. The van der Waals surface area contributed by atoms with Crippen molar-refractivity contribution in [1.82, 2.24) is 10.2 Å². The fraction of sp³-hybridized carbons (Fsp3) is 0.933. The fourth-order valence-corrected chi connectivity index (χ4v) is 4.00. The lowest BCUT2D eigenvalue weighted by atomic mass is 9.95. The second kappa shape index (κ2) is 6.23. The molecule has 3 fully saturated rings. The lowest BCUT2D eigenvalue weighted by molar-refractivity contribution is -0.136. The normalized spacial score (nSPS) is 32.9. The largest absolute Gasteiger partial charge is 0.375 e. The number of hydrogen-bond acceptors (Lipinski definition) is 3. The standard InChI is InChI=1S/C15H26N2O2/c18-15(10-13-11-16-7-9-19-13)17-8-3-6-14(17)12-4-1-2-5-12/h12-14,16H,1-11H2. The van der Waals surface area contributed by atoms with Gasteiger partial charge in [-0.2, -0.15) is 0 Å². The Morgan fingerprint density at radius 2 is 2.05 bits per heavy atom. The SMILES string of the molecule is O=C(CC1CNCCO1)N1CCCC1C1CCCC1. The van der Waals surface area contributed by atoms with Gasteiger partial charge in [0.15, 0.2) is 0 Å². The number of carbonyl (C=O) groups excluding carboxylic acids is 1. The Morgan fingerprint density at radius 1 is 1.21 bits per heavy atom. The summed E-state index contributed by atoms with van der Waals surface area (Å²) in [5.74, 6) is 1.10. The van der Waals surface area contributed by atoms with Crippen LogP contribution < -0.4 is 5.32 Å². The number of rotatable bonds is 3. The summed E-state index contributed by atoms with van der Waals surface area (Å²) in [6.45, 7) is 3.46. The van der Waals surface area contributed by atoms with E-state index in [4.69, 9.17) is 4.74 Å². The summed E-state index contributed by atoms with van der Waals surface area (Å²) in [4.78, 5) is 14.7. The molecule has 19 heavy (non-hydrogen) atoms. The maximum absolute atomic E-state index is 12.5. The molecule has 2 unspecified atom stereocenters. The Kier molecular flexibility index (Phi) is 4.38. The number of amides is 1. The number of carbonyl (C=O) groups is 1. The van der Waals surface area contributed by atoms with E-state index in [2.05, 4.69) is 10.2 Å². The summed E-state index contributed by atoms with van der Waals surface area (Å²) in [5.41, 5.74) is 0. The van der Waals surface area contributed by atoms with E-state index in [-0.39, 0.29) is 6.10 Å². The first kappa shape index (κ1) is 13.4. The number of hydrogen-bond donors (Lipinski definition) is 1. The molecule has 0 aromatic carbocycles. The second-order valence-electron chi connectivity index (χ2n) is 6.24. The Bertz CT molecular complexity index is 309. The number of likely N-dealkylation sites (tertiary alicyclic amines) is 1. The molecular weight excluding hydrogens is 240 g/mol. The van der Waals surface area contributed by atoms with Gasteiger partial charge < -0.3 is 15.0 Å². The molecule has 4 nitrogen and oxygen atoms in total. The van der Waals surface area contributed by atoms with Crippen LogP contribution in [0.1, 0.15) is 44.9 Å². The molecule has 0 spiro atoms. The van der Waals surface area contributed by atoms with Crippen molar-refractivity contribution in [3.05, 3.63) is 0 Å². The first-order valence-corrected chi connectivity index (χ1v) is 7.96. The van der Waals surface area contributed by atoms with Crippen molar-refractivity contribution >= 4 is 5.91 Å². The Labute approximate surface area is 115 Å². The summed E-state index contributed by atoms with van der Waals surface area (Å²) in [6, 6.07) is 0.534. The van der Waals surface area contributed by atoms with Crippen molar-refractivity contribution in [3.8, 4) is 0 Å². The van der Waals surface area contributed by atoms with Gasteiger partial charge >= 0.3 is 0 Å². The summed E-state index contributed by atoms with van der Waals surface area (Å²) >= 11 is 0. The van der Waals surface area contributed by atoms with Gasteiger partial charge in [0.05, 0.1) is 19.1 Å². The maximum atomic E-state index is 12.5. The van der Waals surface area contributed by atoms with Gasteiger partial charge in [-0.25, -0.2) is 0 Å². The van der Waals surface area contributed by atoms with E-state index in [1.54, 1.807) is 0 Å². The molecule has 4 heteroatoms. The number of ether oxygens (including phenoxy) is 1. The van der Waals surface area contributed by atoms with E-state index in [9.17, 15) is 4.79 Å². The molecule has 2 atom stereocenters. The van der Waals surface area contributed by atoms with Gasteiger partial charge in [-0.05, 0) is 31.6 Å². The Balaban J connectivity index is 1.55. The van der Waals surface area contributed by atoms with E-state index < -0.39 is 0 Å². The maximum Gasteiger partial charge on any atom is 0.225 e. The summed E-state index contributed by atoms with van der Waals surface area (Å²) in [7, 11) is 0. The van der Waals surface area contributed by atoms with Crippen molar-refractivity contribution in [3.63, 3.8) is 0 Å². The van der Waals surface area contributed by atoms with Crippen molar-refractivity contribution in [1.29, 1.82) is 0 Å². The predicted octanol–water partition coefficient (Wildman–Crippen LogP) is 1.55. The number of nitrogens with zero attached hydrogens (tertiary/aromatic N) is 1. The van der Waals surface area contributed by atoms with Crippen molar-refractivity contribution in [2.75, 3.05) is 26.2 Å². The summed E-state index contributed by atoms with van der Waals surface area (Å²) in [6.07, 6.45) is 8.45. The molecule has 1 saturated carbocycles. The molecule has 2 aliphatic heterocycles. The first-order chi connectivity index (χ1) is 9.34. The highest BCUT2D eigenvalue weighted by atomic mass is 16.5. The van der Waals surface area contributed by atoms with Gasteiger partial charge in [-0.3, -0.25) is 4.79 Å². The third-order valence-corrected chi connectivity index (χ3v) is 4.97. The monoisotopic (exact) mass is 266 g/mol. The smallest absolute Gasteiger partial charge is 0.225 e. The van der Waals surface area contributed by atoms with E-state index in [1.165, 1.54) is 38.5 Å². The minimum Gasteiger partial charge on any atom is -0.375 e. The molecule has 1 aliphatic carbocycles. The van der Waals surface area contributed by atoms with Crippen molar-refractivity contribution in [2.24, 2.45) is 5.92 Å². The highest BCUT2D eigenvalue weighted by molar-refractivity contribution is 5.77. The Morgan fingerprint density at radius 3 is 2.79 bits per heavy atom. The summed E-state index contributed by atoms with van der Waals surface area (Å²) < 4.78 is 5.66. The van der Waals surface area contributed by atoms with Crippen LogP contribution in [0.25, 0.3) is 0 Å². The Hall–Kier alpha value is -0.610. The molecule has 1 amide bonds.